The fraction of sp³-hybridized carbons (Fsp3) is 0.125. The van der Waals surface area contributed by atoms with Crippen LogP contribution < -0.4 is 5.32 Å². The van der Waals surface area contributed by atoms with Crippen LogP contribution in [0.5, 0.6) is 0 Å². The van der Waals surface area contributed by atoms with Gasteiger partial charge in [0.1, 0.15) is 0 Å². The number of carboxylic acids is 1. The van der Waals surface area contributed by atoms with Gasteiger partial charge in [-0.05, 0) is 64.4 Å². The number of hydrogen-bond donors (Lipinski definition) is 2. The van der Waals surface area contributed by atoms with Gasteiger partial charge < -0.3 is 10.4 Å². The molecule has 5 aromatic rings. The van der Waals surface area contributed by atoms with Gasteiger partial charge in [0, 0.05) is 23.8 Å². The lowest BCUT2D eigenvalue weighted by Crippen LogP contribution is -2.02. The summed E-state index contributed by atoms with van der Waals surface area (Å²) < 4.78 is 0. The van der Waals surface area contributed by atoms with E-state index in [1.54, 1.807) is 0 Å². The van der Waals surface area contributed by atoms with E-state index in [2.05, 4.69) is 79.0 Å². The average molecular weight is 473 g/mol. The van der Waals surface area contributed by atoms with Gasteiger partial charge in [-0.25, -0.2) is 0 Å². The van der Waals surface area contributed by atoms with E-state index in [1.807, 2.05) is 36.5 Å². The summed E-state index contributed by atoms with van der Waals surface area (Å²) in [7, 11) is 0. The first-order valence-electron chi connectivity index (χ1n) is 12.1. The van der Waals surface area contributed by atoms with Gasteiger partial charge in [0.15, 0.2) is 0 Å². The quantitative estimate of drug-likeness (QED) is 0.254. The molecule has 0 aliphatic rings. The van der Waals surface area contributed by atoms with Crippen LogP contribution in [0.2, 0.25) is 0 Å². The Bertz CT molecular complexity index is 1510. The molecular weight excluding hydrogens is 444 g/mol. The van der Waals surface area contributed by atoms with Gasteiger partial charge >= 0.3 is 5.97 Å². The van der Waals surface area contributed by atoms with Crippen LogP contribution in [0.3, 0.4) is 0 Å². The molecule has 0 aliphatic heterocycles. The molecule has 4 nitrogen and oxygen atoms in total. The minimum Gasteiger partial charge on any atom is -0.481 e. The maximum Gasteiger partial charge on any atom is 0.307 e. The van der Waals surface area contributed by atoms with Gasteiger partial charge in [0.05, 0.1) is 11.9 Å². The molecule has 4 heteroatoms. The van der Waals surface area contributed by atoms with Crippen molar-refractivity contribution in [2.45, 2.75) is 26.3 Å². The number of aromatic nitrogens is 1. The molecule has 0 fully saturated rings. The van der Waals surface area contributed by atoms with Gasteiger partial charge in [-0.15, -0.1) is 0 Å². The van der Waals surface area contributed by atoms with Gasteiger partial charge in [-0.2, -0.15) is 0 Å². The summed E-state index contributed by atoms with van der Waals surface area (Å²) in [5.74, 6) is -0.817. The summed E-state index contributed by atoms with van der Waals surface area (Å²) in [6.07, 6.45) is 2.88. The third kappa shape index (κ3) is 5.28. The number of carboxylic acid groups (broad SMARTS) is 1. The van der Waals surface area contributed by atoms with Crippen LogP contribution >= 0.6 is 0 Å². The molecule has 0 amide bonds. The molecule has 1 aromatic heterocycles. The Labute approximate surface area is 211 Å². The SMILES string of the molecule is Cc1cccc2c(-c3cccc(NCc4ccc(CC(=O)O)cc4)c3)c(Cc3ccccc3)cnc12. The number of nitrogens with one attached hydrogen (secondary N) is 1. The van der Waals surface area contributed by atoms with Crippen LogP contribution in [0.4, 0.5) is 5.69 Å². The summed E-state index contributed by atoms with van der Waals surface area (Å²) in [4.78, 5) is 15.8. The summed E-state index contributed by atoms with van der Waals surface area (Å²) in [6.45, 7) is 2.76. The second-order valence-corrected chi connectivity index (χ2v) is 9.11. The number of fused-ring (bicyclic) bond motifs is 1. The van der Waals surface area contributed by atoms with E-state index in [1.165, 1.54) is 22.3 Å². The molecule has 4 aromatic carbocycles. The molecule has 0 radical (unpaired) electrons. The van der Waals surface area contributed by atoms with E-state index in [-0.39, 0.29) is 6.42 Å². The number of para-hydroxylation sites is 1. The van der Waals surface area contributed by atoms with E-state index in [9.17, 15) is 4.79 Å². The number of pyridine rings is 1. The minimum absolute atomic E-state index is 0.0421. The predicted octanol–water partition coefficient (Wildman–Crippen LogP) is 7.04. The van der Waals surface area contributed by atoms with Crippen LogP contribution in [0.15, 0.2) is 103 Å². The van der Waals surface area contributed by atoms with Crippen molar-refractivity contribution in [3.05, 3.63) is 131 Å². The second kappa shape index (κ2) is 10.4. The molecule has 0 saturated carbocycles. The molecule has 0 aliphatic carbocycles. The molecule has 0 spiro atoms. The Morgan fingerprint density at radius 1 is 0.833 bits per heavy atom. The first kappa shape index (κ1) is 23.3. The maximum absolute atomic E-state index is 10.9. The third-order valence-electron chi connectivity index (χ3n) is 6.44. The molecule has 1 heterocycles. The van der Waals surface area contributed by atoms with E-state index < -0.39 is 5.97 Å². The molecule has 0 saturated heterocycles. The molecule has 0 atom stereocenters. The molecule has 2 N–H and O–H groups in total. The minimum atomic E-state index is -0.817. The molecule has 36 heavy (non-hydrogen) atoms. The van der Waals surface area contributed by atoms with Crippen molar-refractivity contribution < 1.29 is 9.90 Å². The van der Waals surface area contributed by atoms with E-state index in [0.717, 1.165) is 39.7 Å². The van der Waals surface area contributed by atoms with E-state index in [4.69, 9.17) is 10.1 Å². The molecule has 5 rings (SSSR count). The first-order chi connectivity index (χ1) is 17.6. The zero-order valence-corrected chi connectivity index (χ0v) is 20.2. The van der Waals surface area contributed by atoms with Gasteiger partial charge in [-0.1, -0.05) is 84.9 Å². The van der Waals surface area contributed by atoms with Crippen molar-refractivity contribution >= 4 is 22.6 Å². The fourth-order valence-corrected chi connectivity index (χ4v) is 4.64. The number of benzene rings is 4. The lowest BCUT2D eigenvalue weighted by molar-refractivity contribution is -0.136. The zero-order chi connectivity index (χ0) is 24.9. The van der Waals surface area contributed by atoms with Gasteiger partial charge in [0.25, 0.3) is 0 Å². The van der Waals surface area contributed by atoms with Crippen LogP contribution in [0.25, 0.3) is 22.0 Å². The number of anilines is 1. The number of aliphatic carboxylic acids is 1. The number of rotatable bonds is 8. The lowest BCUT2D eigenvalue weighted by atomic mass is 9.92. The van der Waals surface area contributed by atoms with Crippen molar-refractivity contribution in [1.82, 2.24) is 4.98 Å². The Hall–Kier alpha value is -4.44. The van der Waals surface area contributed by atoms with Crippen molar-refractivity contribution in [3.63, 3.8) is 0 Å². The van der Waals surface area contributed by atoms with E-state index in [0.29, 0.717) is 6.54 Å². The highest BCUT2D eigenvalue weighted by Crippen LogP contribution is 2.34. The molecule has 178 valence electrons. The topological polar surface area (TPSA) is 62.2 Å². The Balaban J connectivity index is 1.47. The number of carbonyl (C=O) groups is 1. The van der Waals surface area contributed by atoms with Crippen LogP contribution in [0, 0.1) is 6.92 Å². The predicted molar refractivity (Wildman–Crippen MR) is 146 cm³/mol. The maximum atomic E-state index is 10.9. The summed E-state index contributed by atoms with van der Waals surface area (Å²) in [5.41, 5.74) is 9.96. The highest BCUT2D eigenvalue weighted by atomic mass is 16.4. The Kier molecular flexibility index (Phi) is 6.76. The largest absolute Gasteiger partial charge is 0.481 e. The Morgan fingerprint density at radius 3 is 2.36 bits per heavy atom. The van der Waals surface area contributed by atoms with E-state index >= 15 is 0 Å². The highest BCUT2D eigenvalue weighted by Gasteiger charge is 2.13. The number of aryl methyl sites for hydroxylation is 1. The van der Waals surface area contributed by atoms with Gasteiger partial charge in [0.2, 0.25) is 0 Å². The summed E-state index contributed by atoms with van der Waals surface area (Å²) in [5, 5.41) is 13.7. The fourth-order valence-electron chi connectivity index (χ4n) is 4.64. The normalized spacial score (nSPS) is 10.9. The monoisotopic (exact) mass is 472 g/mol. The second-order valence-electron chi connectivity index (χ2n) is 9.11. The third-order valence-corrected chi connectivity index (χ3v) is 6.44. The summed E-state index contributed by atoms with van der Waals surface area (Å²) >= 11 is 0. The van der Waals surface area contributed by atoms with Crippen LogP contribution in [-0.2, 0) is 24.2 Å². The van der Waals surface area contributed by atoms with Gasteiger partial charge in [-0.3, -0.25) is 9.78 Å². The highest BCUT2D eigenvalue weighted by molar-refractivity contribution is 5.98. The molecule has 0 bridgehead atoms. The van der Waals surface area contributed by atoms with Crippen molar-refractivity contribution in [2.24, 2.45) is 0 Å². The van der Waals surface area contributed by atoms with Crippen molar-refractivity contribution in [3.8, 4) is 11.1 Å². The zero-order valence-electron chi connectivity index (χ0n) is 20.2. The number of hydrogen-bond acceptors (Lipinski definition) is 3. The lowest BCUT2D eigenvalue weighted by Gasteiger charge is -2.16. The summed E-state index contributed by atoms with van der Waals surface area (Å²) in [6, 6.07) is 33.1. The smallest absolute Gasteiger partial charge is 0.307 e. The Morgan fingerprint density at radius 2 is 1.58 bits per heavy atom. The number of nitrogens with zero attached hydrogens (tertiary/aromatic N) is 1. The van der Waals surface area contributed by atoms with Crippen LogP contribution in [0.1, 0.15) is 27.8 Å². The first-order valence-corrected chi connectivity index (χ1v) is 12.1. The molecule has 0 unspecified atom stereocenters. The van der Waals surface area contributed by atoms with Crippen molar-refractivity contribution in [1.29, 1.82) is 0 Å². The van der Waals surface area contributed by atoms with Crippen LogP contribution in [-0.4, -0.2) is 16.1 Å². The van der Waals surface area contributed by atoms with Crippen molar-refractivity contribution in [2.75, 3.05) is 5.32 Å². The average Bonchev–Trinajstić information content (AvgIpc) is 2.89. The molecular formula is C32H28N2O2. The standard InChI is InChI=1S/C32H28N2O2/c1-22-7-5-12-29-31(27(21-34-32(22)29)17-23-8-3-2-4-9-23)26-10-6-11-28(19-26)33-20-25-15-13-24(14-16-25)18-30(35)36/h2-16,19,21,33H,17-18,20H2,1H3,(H,35,36).